The molecule has 3 nitrogen and oxygen atoms in total. The largest absolute Gasteiger partial charge is 0.463 e. The molecule has 0 radical (unpaired) electrons. The molecule has 72 valence electrons. The third-order valence-electron chi connectivity index (χ3n) is 1.37. The van der Waals surface area contributed by atoms with Gasteiger partial charge in [0.25, 0.3) is 0 Å². The van der Waals surface area contributed by atoms with Crippen molar-refractivity contribution in [2.24, 2.45) is 5.92 Å². The molecule has 0 aromatic heterocycles. The topological polar surface area (TPSA) is 35.5 Å². The number of carbonyl (C=O) groups excluding carboxylic acids is 1. The zero-order chi connectivity index (χ0) is 9.40. The number of rotatable bonds is 6. The first-order chi connectivity index (χ1) is 5.63. The standard InChI is InChI=1S/C9H18O3/c1-8(2)4-5-11-6-7-12-9(3)10/h8H,4-7H2,1-3H3. The van der Waals surface area contributed by atoms with Gasteiger partial charge in [-0.2, -0.15) is 0 Å². The zero-order valence-electron chi connectivity index (χ0n) is 8.13. The maximum absolute atomic E-state index is 10.3. The van der Waals surface area contributed by atoms with Gasteiger partial charge in [0.15, 0.2) is 0 Å². The van der Waals surface area contributed by atoms with Crippen LogP contribution in [0.1, 0.15) is 27.2 Å². The van der Waals surface area contributed by atoms with Crippen molar-refractivity contribution in [3.63, 3.8) is 0 Å². The van der Waals surface area contributed by atoms with Crippen LogP contribution in [-0.4, -0.2) is 25.8 Å². The molecule has 0 aromatic rings. The minimum atomic E-state index is -0.248. The van der Waals surface area contributed by atoms with Crippen LogP contribution in [0.5, 0.6) is 0 Å². The first-order valence-corrected chi connectivity index (χ1v) is 4.34. The van der Waals surface area contributed by atoms with Crippen LogP contribution in [-0.2, 0) is 14.3 Å². The van der Waals surface area contributed by atoms with Crippen molar-refractivity contribution in [2.75, 3.05) is 19.8 Å². The van der Waals surface area contributed by atoms with E-state index in [0.717, 1.165) is 13.0 Å². The van der Waals surface area contributed by atoms with Crippen molar-refractivity contribution in [1.82, 2.24) is 0 Å². The monoisotopic (exact) mass is 174 g/mol. The lowest BCUT2D eigenvalue weighted by atomic mass is 10.1. The summed E-state index contributed by atoms with van der Waals surface area (Å²) in [5, 5.41) is 0. The molecular formula is C9H18O3. The van der Waals surface area contributed by atoms with Gasteiger partial charge in [0, 0.05) is 13.5 Å². The van der Waals surface area contributed by atoms with Crippen molar-refractivity contribution in [1.29, 1.82) is 0 Å². The molecule has 12 heavy (non-hydrogen) atoms. The Morgan fingerprint density at radius 1 is 1.25 bits per heavy atom. The Balaban J connectivity index is 2.96. The van der Waals surface area contributed by atoms with Gasteiger partial charge in [0.05, 0.1) is 6.61 Å². The van der Waals surface area contributed by atoms with Gasteiger partial charge in [-0.15, -0.1) is 0 Å². The summed E-state index contributed by atoms with van der Waals surface area (Å²) in [6.45, 7) is 7.32. The van der Waals surface area contributed by atoms with Crippen molar-refractivity contribution in [3.05, 3.63) is 0 Å². The molecule has 0 N–H and O–H groups in total. The van der Waals surface area contributed by atoms with Crippen LogP contribution in [0.15, 0.2) is 0 Å². The van der Waals surface area contributed by atoms with Crippen molar-refractivity contribution >= 4 is 5.97 Å². The second kappa shape index (κ2) is 7.10. The highest BCUT2D eigenvalue weighted by molar-refractivity contribution is 5.65. The van der Waals surface area contributed by atoms with Crippen molar-refractivity contribution < 1.29 is 14.3 Å². The summed E-state index contributed by atoms with van der Waals surface area (Å²) in [4.78, 5) is 10.3. The lowest BCUT2D eigenvalue weighted by Crippen LogP contribution is -2.09. The fraction of sp³-hybridized carbons (Fsp3) is 0.889. The minimum Gasteiger partial charge on any atom is -0.463 e. The molecule has 0 saturated heterocycles. The Morgan fingerprint density at radius 3 is 2.42 bits per heavy atom. The summed E-state index contributed by atoms with van der Waals surface area (Å²) >= 11 is 0. The molecule has 0 aromatic carbocycles. The number of hydrogen-bond donors (Lipinski definition) is 0. The highest BCUT2D eigenvalue weighted by atomic mass is 16.6. The molecule has 0 saturated carbocycles. The van der Waals surface area contributed by atoms with E-state index in [-0.39, 0.29) is 5.97 Å². The van der Waals surface area contributed by atoms with E-state index in [2.05, 4.69) is 18.6 Å². The summed E-state index contributed by atoms with van der Waals surface area (Å²) in [7, 11) is 0. The summed E-state index contributed by atoms with van der Waals surface area (Å²) in [5.74, 6) is 0.418. The normalized spacial score (nSPS) is 10.3. The highest BCUT2D eigenvalue weighted by Gasteiger charge is 1.95. The Bertz CT molecular complexity index is 121. The first kappa shape index (κ1) is 11.4. The summed E-state index contributed by atoms with van der Waals surface area (Å²) in [5.41, 5.74) is 0. The van der Waals surface area contributed by atoms with Crippen LogP contribution >= 0.6 is 0 Å². The van der Waals surface area contributed by atoms with E-state index < -0.39 is 0 Å². The molecule has 0 fully saturated rings. The predicted octanol–water partition coefficient (Wildman–Crippen LogP) is 1.61. The van der Waals surface area contributed by atoms with Gasteiger partial charge >= 0.3 is 5.97 Å². The molecule has 0 heterocycles. The van der Waals surface area contributed by atoms with E-state index in [1.165, 1.54) is 6.92 Å². The van der Waals surface area contributed by atoms with Crippen molar-refractivity contribution in [2.45, 2.75) is 27.2 Å². The fourth-order valence-electron chi connectivity index (χ4n) is 0.665. The van der Waals surface area contributed by atoms with Gasteiger partial charge < -0.3 is 9.47 Å². The average molecular weight is 174 g/mol. The number of esters is 1. The zero-order valence-corrected chi connectivity index (χ0v) is 8.13. The van der Waals surface area contributed by atoms with Gasteiger partial charge in [0.2, 0.25) is 0 Å². The summed E-state index contributed by atoms with van der Waals surface area (Å²) in [6.07, 6.45) is 1.06. The lowest BCUT2D eigenvalue weighted by Gasteiger charge is -2.05. The molecule has 0 aliphatic heterocycles. The van der Waals surface area contributed by atoms with Gasteiger partial charge in [-0.1, -0.05) is 13.8 Å². The SMILES string of the molecule is CC(=O)OCCOCCC(C)C. The fourth-order valence-corrected chi connectivity index (χ4v) is 0.665. The molecule has 0 bridgehead atoms. The minimum absolute atomic E-state index is 0.248. The molecule has 0 rings (SSSR count). The molecule has 0 unspecified atom stereocenters. The maximum atomic E-state index is 10.3. The molecule has 0 amide bonds. The lowest BCUT2D eigenvalue weighted by molar-refractivity contribution is -0.142. The first-order valence-electron chi connectivity index (χ1n) is 4.34. The molecular weight excluding hydrogens is 156 g/mol. The van der Waals surface area contributed by atoms with Gasteiger partial charge in [-0.3, -0.25) is 4.79 Å². The van der Waals surface area contributed by atoms with Crippen LogP contribution in [0.25, 0.3) is 0 Å². The Morgan fingerprint density at radius 2 is 1.92 bits per heavy atom. The Hall–Kier alpha value is -0.570. The van der Waals surface area contributed by atoms with E-state index in [0.29, 0.717) is 19.1 Å². The third kappa shape index (κ3) is 9.43. The molecule has 0 spiro atoms. The average Bonchev–Trinajstić information content (AvgIpc) is 1.95. The number of carbonyl (C=O) groups is 1. The van der Waals surface area contributed by atoms with E-state index in [1.54, 1.807) is 0 Å². The molecule has 0 aliphatic rings. The molecule has 3 heteroatoms. The van der Waals surface area contributed by atoms with Crippen LogP contribution in [0.3, 0.4) is 0 Å². The molecule has 0 aliphatic carbocycles. The predicted molar refractivity (Wildman–Crippen MR) is 46.9 cm³/mol. The van der Waals surface area contributed by atoms with Gasteiger partial charge in [-0.25, -0.2) is 0 Å². The van der Waals surface area contributed by atoms with Gasteiger partial charge in [0.1, 0.15) is 6.61 Å². The van der Waals surface area contributed by atoms with E-state index >= 15 is 0 Å². The van der Waals surface area contributed by atoms with E-state index in [4.69, 9.17) is 4.74 Å². The van der Waals surface area contributed by atoms with Crippen LogP contribution in [0.2, 0.25) is 0 Å². The van der Waals surface area contributed by atoms with E-state index in [1.807, 2.05) is 0 Å². The van der Waals surface area contributed by atoms with Crippen LogP contribution in [0.4, 0.5) is 0 Å². The van der Waals surface area contributed by atoms with Crippen LogP contribution in [0, 0.1) is 5.92 Å². The second-order valence-corrected chi connectivity index (χ2v) is 3.13. The van der Waals surface area contributed by atoms with Crippen LogP contribution < -0.4 is 0 Å². The Labute approximate surface area is 74.0 Å². The highest BCUT2D eigenvalue weighted by Crippen LogP contribution is 1.98. The van der Waals surface area contributed by atoms with Crippen molar-refractivity contribution in [3.8, 4) is 0 Å². The third-order valence-corrected chi connectivity index (χ3v) is 1.37. The van der Waals surface area contributed by atoms with Gasteiger partial charge in [-0.05, 0) is 12.3 Å². The summed E-state index contributed by atoms with van der Waals surface area (Å²) in [6, 6.07) is 0. The van der Waals surface area contributed by atoms with E-state index in [9.17, 15) is 4.79 Å². The smallest absolute Gasteiger partial charge is 0.302 e. The second-order valence-electron chi connectivity index (χ2n) is 3.13. The number of hydrogen-bond acceptors (Lipinski definition) is 3. The quantitative estimate of drug-likeness (QED) is 0.453. The number of ether oxygens (including phenoxy) is 2. The molecule has 0 atom stereocenters. The maximum Gasteiger partial charge on any atom is 0.302 e. The summed E-state index contributed by atoms with van der Waals surface area (Å²) < 4.78 is 9.90. The Kier molecular flexibility index (Phi) is 6.76.